The average molecular weight is 562 g/mol. The fourth-order valence-electron chi connectivity index (χ4n) is 6.30. The monoisotopic (exact) mass is 561 g/mol. The van der Waals surface area contributed by atoms with Crippen LogP contribution in [0.25, 0.3) is 0 Å². The standard InChI is InChI=1S/C32H36N2O5S/c1-6-16-33-25-14-9-7-12-23(25)31(2,3)27(33)19-21-29(35)22(30(21)36)20-28-32(4,5)24-13-8-10-15-26(24)34(28)17-11-18-40(37,38)39/h7-10,12-15,19-20H,6,11,16-18H2,1-5H3,(H-,35,36,37,38,39)/p+1. The van der Waals surface area contributed by atoms with Gasteiger partial charge < -0.3 is 10.0 Å². The number of hydrogen-bond donors (Lipinski definition) is 2. The fourth-order valence-corrected chi connectivity index (χ4v) is 6.79. The lowest BCUT2D eigenvalue weighted by atomic mass is 9.77. The highest BCUT2D eigenvalue weighted by Gasteiger charge is 2.47. The Bertz CT molecular complexity index is 1640. The molecule has 0 saturated heterocycles. The van der Waals surface area contributed by atoms with E-state index in [0.717, 1.165) is 41.3 Å². The van der Waals surface area contributed by atoms with Crippen molar-refractivity contribution in [1.29, 1.82) is 0 Å². The van der Waals surface area contributed by atoms with Gasteiger partial charge in [0, 0.05) is 47.5 Å². The maximum Gasteiger partial charge on any atom is 0.264 e. The highest BCUT2D eigenvalue weighted by atomic mass is 32.2. The summed E-state index contributed by atoms with van der Waals surface area (Å²) in [4.78, 5) is 15.5. The van der Waals surface area contributed by atoms with Crippen LogP contribution in [0, 0.1) is 0 Å². The number of carbonyl (C=O) groups excluding carboxylic acids is 1. The lowest BCUT2D eigenvalue weighted by Gasteiger charge is -2.29. The average Bonchev–Trinajstić information content (AvgIpc) is 3.24. The quantitative estimate of drug-likeness (QED) is 0.242. The van der Waals surface area contributed by atoms with Gasteiger partial charge in [-0.1, -0.05) is 57.2 Å². The first-order valence-electron chi connectivity index (χ1n) is 13.8. The molecule has 1 aliphatic carbocycles. The van der Waals surface area contributed by atoms with Gasteiger partial charge in [-0.25, -0.2) is 0 Å². The van der Waals surface area contributed by atoms with E-state index in [2.05, 4.69) is 51.3 Å². The maximum absolute atomic E-state index is 13.5. The fraction of sp³-hybridized carbons (Fsp3) is 0.375. The van der Waals surface area contributed by atoms with Gasteiger partial charge in [0.25, 0.3) is 10.1 Å². The summed E-state index contributed by atoms with van der Waals surface area (Å²) in [6, 6.07) is 16.1. The van der Waals surface area contributed by atoms with Crippen molar-refractivity contribution in [2.45, 2.75) is 58.3 Å². The van der Waals surface area contributed by atoms with Crippen molar-refractivity contribution in [3.8, 4) is 0 Å². The highest BCUT2D eigenvalue weighted by Crippen LogP contribution is 2.49. The summed E-state index contributed by atoms with van der Waals surface area (Å²) in [5.74, 6) is -0.604. The number of Topliss-reactive ketones (excluding diaryl/α,β-unsaturated/α-hetero) is 1. The van der Waals surface area contributed by atoms with Gasteiger partial charge in [-0.2, -0.15) is 13.0 Å². The van der Waals surface area contributed by atoms with Crippen LogP contribution in [0.2, 0.25) is 0 Å². The molecule has 2 aromatic rings. The molecule has 0 unspecified atom stereocenters. The molecule has 8 heteroatoms. The number of allylic oxidation sites excluding steroid dienone is 5. The van der Waals surface area contributed by atoms with Gasteiger partial charge in [-0.3, -0.25) is 9.35 Å². The van der Waals surface area contributed by atoms with Crippen molar-refractivity contribution in [2.75, 3.05) is 23.7 Å². The summed E-state index contributed by atoms with van der Waals surface area (Å²) in [5, 5.41) is 11.2. The second-order valence-electron chi connectivity index (χ2n) is 11.8. The minimum absolute atomic E-state index is 0.0298. The Morgan fingerprint density at radius 1 is 0.950 bits per heavy atom. The van der Waals surface area contributed by atoms with Crippen LogP contribution in [0.1, 0.15) is 58.6 Å². The molecular weight excluding hydrogens is 524 g/mol. The van der Waals surface area contributed by atoms with Crippen LogP contribution >= 0.6 is 0 Å². The van der Waals surface area contributed by atoms with Gasteiger partial charge in [0.05, 0.1) is 22.3 Å². The topological polar surface area (TPSA) is 97.9 Å². The lowest BCUT2D eigenvalue weighted by molar-refractivity contribution is -0.437. The number of ketones is 1. The first kappa shape index (κ1) is 28.1. The van der Waals surface area contributed by atoms with E-state index >= 15 is 0 Å². The van der Waals surface area contributed by atoms with Crippen molar-refractivity contribution in [3.63, 3.8) is 0 Å². The first-order valence-corrected chi connectivity index (χ1v) is 15.4. The molecule has 0 bridgehead atoms. The Morgan fingerprint density at radius 3 is 2.25 bits per heavy atom. The van der Waals surface area contributed by atoms with E-state index in [4.69, 9.17) is 0 Å². The Balaban J connectivity index is 1.55. The van der Waals surface area contributed by atoms with Gasteiger partial charge in [0.1, 0.15) is 12.3 Å². The first-order chi connectivity index (χ1) is 18.8. The van der Waals surface area contributed by atoms with Gasteiger partial charge in [0.15, 0.2) is 5.71 Å². The minimum atomic E-state index is -4.09. The second-order valence-corrected chi connectivity index (χ2v) is 13.4. The Hall–Kier alpha value is -3.49. The number of rotatable bonds is 8. The van der Waals surface area contributed by atoms with E-state index < -0.39 is 15.5 Å². The largest absolute Gasteiger partial charge is 0.506 e. The summed E-state index contributed by atoms with van der Waals surface area (Å²) in [6.07, 6.45) is 4.73. The van der Waals surface area contributed by atoms with Crippen molar-refractivity contribution >= 4 is 33.0 Å². The Kier molecular flexibility index (Phi) is 6.91. The molecule has 2 heterocycles. The number of para-hydroxylation sites is 2. The second kappa shape index (κ2) is 9.85. The minimum Gasteiger partial charge on any atom is -0.506 e. The number of anilines is 1. The third kappa shape index (κ3) is 4.53. The normalized spacial score (nSPS) is 21.4. The third-order valence-corrected chi connectivity index (χ3v) is 9.20. The molecule has 0 fully saturated rings. The van der Waals surface area contributed by atoms with Crippen LogP contribution in [0.5, 0.6) is 0 Å². The molecule has 40 heavy (non-hydrogen) atoms. The number of aliphatic hydroxyl groups is 1. The summed E-state index contributed by atoms with van der Waals surface area (Å²) >= 11 is 0. The summed E-state index contributed by atoms with van der Waals surface area (Å²) < 4.78 is 34.2. The van der Waals surface area contributed by atoms with Gasteiger partial charge in [-0.15, -0.1) is 0 Å². The molecular formula is C32H37N2O5S+. The van der Waals surface area contributed by atoms with Crippen molar-refractivity contribution < 1.29 is 27.4 Å². The van der Waals surface area contributed by atoms with E-state index in [1.807, 2.05) is 47.4 Å². The van der Waals surface area contributed by atoms with E-state index in [1.165, 1.54) is 5.56 Å². The highest BCUT2D eigenvalue weighted by molar-refractivity contribution is 7.85. The van der Waals surface area contributed by atoms with Gasteiger partial charge >= 0.3 is 0 Å². The number of aliphatic hydroxyl groups excluding tert-OH is 1. The molecule has 2 N–H and O–H groups in total. The number of fused-ring (bicyclic) bond motifs is 2. The molecule has 5 rings (SSSR count). The van der Waals surface area contributed by atoms with Crippen molar-refractivity contribution in [2.24, 2.45) is 0 Å². The molecule has 0 saturated carbocycles. The zero-order valence-electron chi connectivity index (χ0n) is 23.7. The number of benzene rings is 2. The van der Waals surface area contributed by atoms with Crippen LogP contribution in [0.4, 0.5) is 11.4 Å². The molecule has 0 spiro atoms. The molecule has 3 aliphatic rings. The zero-order chi connectivity index (χ0) is 29.0. The maximum atomic E-state index is 13.5. The SMILES string of the molecule is CCC[N+]1=C(/C=C2/C(=O)C(/C=C3/N(CCCS(=O)(=O)O)c4ccccc4C3(C)C)=C2O)C(C)(C)c2ccccc21. The molecule has 2 aliphatic heterocycles. The van der Waals surface area contributed by atoms with Crippen molar-refractivity contribution in [1.82, 2.24) is 0 Å². The Labute approximate surface area is 236 Å². The number of carbonyl (C=O) groups is 1. The van der Waals surface area contributed by atoms with Crippen LogP contribution in [-0.4, -0.2) is 53.0 Å². The number of hydrogen-bond acceptors (Lipinski definition) is 5. The van der Waals surface area contributed by atoms with Crippen LogP contribution in [-0.2, 0) is 25.7 Å². The summed E-state index contributed by atoms with van der Waals surface area (Å²) in [7, 11) is -4.09. The Morgan fingerprint density at radius 2 is 1.60 bits per heavy atom. The van der Waals surface area contributed by atoms with E-state index in [-0.39, 0.29) is 34.7 Å². The van der Waals surface area contributed by atoms with E-state index in [1.54, 1.807) is 6.08 Å². The van der Waals surface area contributed by atoms with Gasteiger partial charge in [-0.05, 0) is 38.0 Å². The lowest BCUT2D eigenvalue weighted by Crippen LogP contribution is -2.32. The number of nitrogens with zero attached hydrogens (tertiary/aromatic N) is 2. The van der Waals surface area contributed by atoms with Crippen molar-refractivity contribution in [3.05, 3.63) is 94.4 Å². The predicted molar refractivity (Wildman–Crippen MR) is 158 cm³/mol. The van der Waals surface area contributed by atoms with Gasteiger partial charge in [0.2, 0.25) is 11.5 Å². The van der Waals surface area contributed by atoms with E-state index in [9.17, 15) is 22.9 Å². The molecule has 0 amide bonds. The molecule has 7 nitrogen and oxygen atoms in total. The molecule has 210 valence electrons. The van der Waals surface area contributed by atoms with Crippen LogP contribution in [0.15, 0.2) is 83.3 Å². The third-order valence-electron chi connectivity index (χ3n) is 8.39. The molecule has 0 atom stereocenters. The predicted octanol–water partition coefficient (Wildman–Crippen LogP) is 5.75. The summed E-state index contributed by atoms with van der Waals surface area (Å²) in [5.41, 5.74) is 5.82. The zero-order valence-corrected chi connectivity index (χ0v) is 24.5. The van der Waals surface area contributed by atoms with Crippen LogP contribution in [0.3, 0.4) is 0 Å². The summed E-state index contributed by atoms with van der Waals surface area (Å²) in [6.45, 7) is 11.7. The van der Waals surface area contributed by atoms with Crippen LogP contribution < -0.4 is 4.90 Å². The smallest absolute Gasteiger partial charge is 0.264 e. The van der Waals surface area contributed by atoms with E-state index in [0.29, 0.717) is 12.1 Å². The molecule has 0 radical (unpaired) electrons. The molecule has 2 aromatic carbocycles. The molecule has 0 aromatic heterocycles.